The summed E-state index contributed by atoms with van der Waals surface area (Å²) in [4.78, 5) is 14.5. The van der Waals surface area contributed by atoms with Crippen LogP contribution in [0, 0.1) is 5.92 Å². The second-order valence-corrected chi connectivity index (χ2v) is 5.13. The number of hydrogen-bond acceptors (Lipinski definition) is 3. The fourth-order valence-corrected chi connectivity index (χ4v) is 2.42. The monoisotopic (exact) mass is 262 g/mol. The molecule has 0 aromatic heterocycles. The van der Waals surface area contributed by atoms with Crippen LogP contribution in [0.5, 0.6) is 5.75 Å². The van der Waals surface area contributed by atoms with Crippen molar-refractivity contribution in [1.82, 2.24) is 4.90 Å². The first-order valence-electron chi connectivity index (χ1n) is 6.94. The number of benzene rings is 1. The van der Waals surface area contributed by atoms with Crippen molar-refractivity contribution in [1.29, 1.82) is 0 Å². The number of rotatable bonds is 3. The molecular weight excluding hydrogens is 240 g/mol. The summed E-state index contributed by atoms with van der Waals surface area (Å²) in [5, 5.41) is 0. The fraction of sp³-hybridized carbons (Fsp3) is 0.533. The Bertz CT molecular complexity index is 451. The van der Waals surface area contributed by atoms with Gasteiger partial charge in [-0.05, 0) is 37.8 Å². The van der Waals surface area contributed by atoms with E-state index in [-0.39, 0.29) is 5.91 Å². The molecule has 1 heterocycles. The molecule has 0 unspecified atom stereocenters. The van der Waals surface area contributed by atoms with E-state index in [9.17, 15) is 4.79 Å². The number of carbonyl (C=O) groups excluding carboxylic acids is 1. The standard InChI is InChI=1S/C15H22N2O2/c1-3-19-13-6-4-5-12(16)14(13)15(18)17-9-7-11(2)8-10-17/h4-6,11H,3,7-10,16H2,1-2H3. The molecular formula is C15H22N2O2. The highest BCUT2D eigenvalue weighted by Crippen LogP contribution is 2.28. The average Bonchev–Trinajstić information content (AvgIpc) is 2.39. The van der Waals surface area contributed by atoms with E-state index in [4.69, 9.17) is 10.5 Å². The second-order valence-electron chi connectivity index (χ2n) is 5.13. The Morgan fingerprint density at radius 2 is 2.11 bits per heavy atom. The highest BCUT2D eigenvalue weighted by molar-refractivity contribution is 6.01. The molecule has 0 bridgehead atoms. The van der Waals surface area contributed by atoms with Gasteiger partial charge in [0.15, 0.2) is 0 Å². The van der Waals surface area contributed by atoms with Crippen LogP contribution in [0.15, 0.2) is 18.2 Å². The summed E-state index contributed by atoms with van der Waals surface area (Å²) in [6, 6.07) is 5.37. The maximum absolute atomic E-state index is 12.6. The number of carbonyl (C=O) groups is 1. The lowest BCUT2D eigenvalue weighted by Gasteiger charge is -2.31. The summed E-state index contributed by atoms with van der Waals surface area (Å²) >= 11 is 0. The number of piperidine rings is 1. The zero-order chi connectivity index (χ0) is 13.8. The molecule has 2 rings (SSSR count). The zero-order valence-corrected chi connectivity index (χ0v) is 11.7. The Kier molecular flexibility index (Phi) is 4.30. The number of nitrogens with two attached hydrogens (primary N) is 1. The van der Waals surface area contributed by atoms with Crippen molar-refractivity contribution in [2.24, 2.45) is 5.92 Å². The highest BCUT2D eigenvalue weighted by Gasteiger charge is 2.25. The average molecular weight is 262 g/mol. The van der Waals surface area contributed by atoms with Crippen LogP contribution in [-0.4, -0.2) is 30.5 Å². The highest BCUT2D eigenvalue weighted by atomic mass is 16.5. The molecule has 1 aromatic carbocycles. The minimum Gasteiger partial charge on any atom is -0.493 e. The summed E-state index contributed by atoms with van der Waals surface area (Å²) in [6.45, 7) is 6.27. The Balaban J connectivity index is 2.23. The van der Waals surface area contributed by atoms with Crippen LogP contribution in [0.2, 0.25) is 0 Å². The summed E-state index contributed by atoms with van der Waals surface area (Å²) in [6.07, 6.45) is 2.12. The quantitative estimate of drug-likeness (QED) is 0.852. The van der Waals surface area contributed by atoms with Gasteiger partial charge in [0.05, 0.1) is 6.61 Å². The molecule has 0 aliphatic carbocycles. The molecule has 0 atom stereocenters. The normalized spacial score (nSPS) is 16.4. The number of nitrogen functional groups attached to an aromatic ring is 1. The predicted molar refractivity (Wildman–Crippen MR) is 76.3 cm³/mol. The number of likely N-dealkylation sites (tertiary alicyclic amines) is 1. The molecule has 1 aromatic rings. The van der Waals surface area contributed by atoms with Crippen LogP contribution in [0.4, 0.5) is 5.69 Å². The van der Waals surface area contributed by atoms with Crippen molar-refractivity contribution < 1.29 is 9.53 Å². The van der Waals surface area contributed by atoms with Gasteiger partial charge in [-0.3, -0.25) is 4.79 Å². The minimum atomic E-state index is -0.00606. The lowest BCUT2D eigenvalue weighted by Crippen LogP contribution is -2.38. The zero-order valence-electron chi connectivity index (χ0n) is 11.7. The molecule has 0 radical (unpaired) electrons. The van der Waals surface area contributed by atoms with Crippen molar-refractivity contribution in [2.45, 2.75) is 26.7 Å². The first-order chi connectivity index (χ1) is 9.13. The first-order valence-corrected chi connectivity index (χ1v) is 6.94. The molecule has 19 heavy (non-hydrogen) atoms. The maximum Gasteiger partial charge on any atom is 0.259 e. The van der Waals surface area contributed by atoms with Gasteiger partial charge in [0, 0.05) is 18.8 Å². The number of amides is 1. The molecule has 2 N–H and O–H groups in total. The lowest BCUT2D eigenvalue weighted by molar-refractivity contribution is 0.0694. The fourth-order valence-electron chi connectivity index (χ4n) is 2.42. The summed E-state index contributed by atoms with van der Waals surface area (Å²) in [5.41, 5.74) is 6.97. The van der Waals surface area contributed by atoms with E-state index in [1.165, 1.54) is 0 Å². The molecule has 1 amide bonds. The number of nitrogens with zero attached hydrogens (tertiary/aromatic N) is 1. The van der Waals surface area contributed by atoms with Crippen LogP contribution in [-0.2, 0) is 0 Å². The maximum atomic E-state index is 12.6. The number of hydrogen-bond donors (Lipinski definition) is 1. The second kappa shape index (κ2) is 5.95. The Morgan fingerprint density at radius 3 is 2.74 bits per heavy atom. The van der Waals surface area contributed by atoms with Crippen molar-refractivity contribution in [3.63, 3.8) is 0 Å². The van der Waals surface area contributed by atoms with Crippen LogP contribution < -0.4 is 10.5 Å². The first kappa shape index (κ1) is 13.7. The van der Waals surface area contributed by atoms with E-state index >= 15 is 0 Å². The predicted octanol–water partition coefficient (Wildman–Crippen LogP) is 2.54. The molecule has 1 aliphatic rings. The number of anilines is 1. The van der Waals surface area contributed by atoms with Crippen LogP contribution >= 0.6 is 0 Å². The van der Waals surface area contributed by atoms with E-state index in [0.29, 0.717) is 29.5 Å². The van der Waals surface area contributed by atoms with E-state index in [1.54, 1.807) is 12.1 Å². The van der Waals surface area contributed by atoms with Crippen LogP contribution in [0.25, 0.3) is 0 Å². The molecule has 4 nitrogen and oxygen atoms in total. The molecule has 0 spiro atoms. The molecule has 1 aliphatic heterocycles. The van der Waals surface area contributed by atoms with Gasteiger partial charge in [-0.25, -0.2) is 0 Å². The SMILES string of the molecule is CCOc1cccc(N)c1C(=O)N1CCC(C)CC1. The molecule has 1 saturated heterocycles. The number of ether oxygens (including phenoxy) is 1. The van der Waals surface area contributed by atoms with Gasteiger partial charge in [-0.15, -0.1) is 0 Å². The smallest absolute Gasteiger partial charge is 0.259 e. The third-order valence-corrected chi connectivity index (χ3v) is 3.64. The lowest BCUT2D eigenvalue weighted by atomic mass is 9.98. The van der Waals surface area contributed by atoms with E-state index < -0.39 is 0 Å². The van der Waals surface area contributed by atoms with E-state index in [2.05, 4.69) is 6.92 Å². The van der Waals surface area contributed by atoms with Gasteiger partial charge in [-0.2, -0.15) is 0 Å². The third-order valence-electron chi connectivity index (χ3n) is 3.64. The van der Waals surface area contributed by atoms with Crippen molar-refractivity contribution in [2.75, 3.05) is 25.4 Å². The van der Waals surface area contributed by atoms with Crippen LogP contribution in [0.1, 0.15) is 37.0 Å². The van der Waals surface area contributed by atoms with Crippen molar-refractivity contribution in [3.8, 4) is 5.75 Å². The van der Waals surface area contributed by atoms with Gasteiger partial charge in [0.25, 0.3) is 5.91 Å². The van der Waals surface area contributed by atoms with Gasteiger partial charge >= 0.3 is 0 Å². The van der Waals surface area contributed by atoms with Gasteiger partial charge in [0.1, 0.15) is 11.3 Å². The summed E-state index contributed by atoms with van der Waals surface area (Å²) in [5.74, 6) is 1.28. The summed E-state index contributed by atoms with van der Waals surface area (Å²) in [7, 11) is 0. The van der Waals surface area contributed by atoms with Crippen LogP contribution in [0.3, 0.4) is 0 Å². The van der Waals surface area contributed by atoms with Crippen molar-refractivity contribution >= 4 is 11.6 Å². The molecule has 104 valence electrons. The largest absolute Gasteiger partial charge is 0.493 e. The third kappa shape index (κ3) is 3.00. The van der Waals surface area contributed by atoms with Gasteiger partial charge in [0.2, 0.25) is 0 Å². The van der Waals surface area contributed by atoms with Gasteiger partial charge < -0.3 is 15.4 Å². The topological polar surface area (TPSA) is 55.6 Å². The molecule has 0 saturated carbocycles. The summed E-state index contributed by atoms with van der Waals surface area (Å²) < 4.78 is 5.52. The molecule has 4 heteroatoms. The molecule has 1 fully saturated rings. The van der Waals surface area contributed by atoms with Gasteiger partial charge in [-0.1, -0.05) is 13.0 Å². The Hall–Kier alpha value is -1.71. The Morgan fingerprint density at radius 1 is 1.42 bits per heavy atom. The van der Waals surface area contributed by atoms with E-state index in [0.717, 1.165) is 25.9 Å². The minimum absolute atomic E-state index is 0.00606. The van der Waals surface area contributed by atoms with Crippen molar-refractivity contribution in [3.05, 3.63) is 23.8 Å². The Labute approximate surface area is 114 Å². The van der Waals surface area contributed by atoms with E-state index in [1.807, 2.05) is 17.9 Å².